The van der Waals surface area contributed by atoms with Crippen molar-refractivity contribution < 1.29 is 4.74 Å². The Morgan fingerprint density at radius 1 is 1.69 bits per heavy atom. The van der Waals surface area contributed by atoms with E-state index in [4.69, 9.17) is 16.3 Å². The van der Waals surface area contributed by atoms with Crippen molar-refractivity contribution in [3.63, 3.8) is 0 Å². The topological polar surface area (TPSA) is 27.1 Å². The molecule has 1 aromatic rings. The molecule has 0 aromatic carbocycles. The van der Waals surface area contributed by atoms with Crippen molar-refractivity contribution in [2.45, 2.75) is 31.9 Å². The van der Waals surface area contributed by atoms with Crippen LogP contribution in [0.1, 0.15) is 19.3 Å². The predicted molar refractivity (Wildman–Crippen MR) is 50.8 cm³/mol. The second-order valence-corrected chi connectivity index (χ2v) is 3.71. The molecule has 3 nitrogen and oxygen atoms in total. The Bertz CT molecular complexity index is 268. The van der Waals surface area contributed by atoms with Crippen molar-refractivity contribution in [3.05, 3.63) is 17.4 Å². The van der Waals surface area contributed by atoms with E-state index in [1.54, 1.807) is 6.07 Å². The molecule has 1 aliphatic rings. The Hall–Kier alpha value is -0.540. The van der Waals surface area contributed by atoms with E-state index in [1.807, 2.05) is 10.9 Å². The van der Waals surface area contributed by atoms with Gasteiger partial charge in [0.1, 0.15) is 0 Å². The number of hydrogen-bond acceptors (Lipinski definition) is 2. The first-order chi connectivity index (χ1) is 6.34. The summed E-state index contributed by atoms with van der Waals surface area (Å²) in [6.07, 6.45) is 5.76. The van der Waals surface area contributed by atoms with Crippen LogP contribution in [0.5, 0.6) is 0 Å². The van der Waals surface area contributed by atoms with Crippen LogP contribution >= 0.6 is 11.6 Å². The van der Waals surface area contributed by atoms with Gasteiger partial charge in [0, 0.05) is 19.3 Å². The van der Waals surface area contributed by atoms with Crippen molar-refractivity contribution in [2.75, 3.05) is 6.61 Å². The molecule has 0 spiro atoms. The largest absolute Gasteiger partial charge is 0.378 e. The highest BCUT2D eigenvalue weighted by Crippen LogP contribution is 2.16. The van der Waals surface area contributed by atoms with Crippen LogP contribution in [0.3, 0.4) is 0 Å². The molecule has 0 bridgehead atoms. The molecule has 0 aliphatic carbocycles. The first-order valence-electron chi connectivity index (χ1n) is 4.65. The highest BCUT2D eigenvalue weighted by atomic mass is 35.5. The Kier molecular flexibility index (Phi) is 2.86. The molecule has 1 fully saturated rings. The second-order valence-electron chi connectivity index (χ2n) is 3.33. The maximum absolute atomic E-state index is 5.69. The summed E-state index contributed by atoms with van der Waals surface area (Å²) in [5.74, 6) is 0. The molecular weight excluding hydrogens is 188 g/mol. The summed E-state index contributed by atoms with van der Waals surface area (Å²) in [7, 11) is 0. The van der Waals surface area contributed by atoms with Gasteiger partial charge in [-0.15, -0.1) is 0 Å². The minimum absolute atomic E-state index is 0.433. The van der Waals surface area contributed by atoms with Crippen molar-refractivity contribution >= 4 is 11.6 Å². The van der Waals surface area contributed by atoms with Gasteiger partial charge in [0.25, 0.3) is 0 Å². The van der Waals surface area contributed by atoms with Gasteiger partial charge in [-0.2, -0.15) is 5.10 Å². The molecule has 1 atom stereocenters. The summed E-state index contributed by atoms with van der Waals surface area (Å²) >= 11 is 5.69. The highest BCUT2D eigenvalue weighted by Gasteiger charge is 2.14. The first-order valence-corrected chi connectivity index (χ1v) is 5.03. The van der Waals surface area contributed by atoms with E-state index in [2.05, 4.69) is 5.10 Å². The Morgan fingerprint density at radius 3 is 3.23 bits per heavy atom. The molecule has 1 unspecified atom stereocenters. The third-order valence-electron chi connectivity index (χ3n) is 2.31. The maximum atomic E-state index is 5.69. The van der Waals surface area contributed by atoms with Crippen LogP contribution in [0.15, 0.2) is 12.3 Å². The SMILES string of the molecule is Clc1ccn(CCC2CCCO2)n1. The third kappa shape index (κ3) is 2.45. The van der Waals surface area contributed by atoms with Crippen LogP contribution < -0.4 is 0 Å². The van der Waals surface area contributed by atoms with E-state index in [-0.39, 0.29) is 0 Å². The van der Waals surface area contributed by atoms with Crippen molar-refractivity contribution in [1.82, 2.24) is 9.78 Å². The lowest BCUT2D eigenvalue weighted by Gasteiger charge is -2.08. The molecule has 13 heavy (non-hydrogen) atoms. The van der Waals surface area contributed by atoms with Crippen LogP contribution in [-0.2, 0) is 11.3 Å². The molecule has 1 aromatic heterocycles. The van der Waals surface area contributed by atoms with Crippen molar-refractivity contribution in [3.8, 4) is 0 Å². The lowest BCUT2D eigenvalue weighted by Crippen LogP contribution is -2.10. The molecule has 0 saturated carbocycles. The van der Waals surface area contributed by atoms with Gasteiger partial charge in [0.05, 0.1) is 6.10 Å². The van der Waals surface area contributed by atoms with Gasteiger partial charge >= 0.3 is 0 Å². The van der Waals surface area contributed by atoms with Crippen LogP contribution in [0, 0.1) is 0 Å². The molecule has 0 amide bonds. The standard InChI is InChI=1S/C9H13ClN2O/c10-9-4-6-12(11-9)5-3-8-2-1-7-13-8/h4,6,8H,1-3,5,7H2. The van der Waals surface area contributed by atoms with E-state index in [9.17, 15) is 0 Å². The molecule has 0 radical (unpaired) electrons. The maximum Gasteiger partial charge on any atom is 0.151 e. The zero-order valence-electron chi connectivity index (χ0n) is 7.45. The Balaban J connectivity index is 1.78. The number of hydrogen-bond donors (Lipinski definition) is 0. The van der Waals surface area contributed by atoms with Crippen LogP contribution in [0.4, 0.5) is 0 Å². The van der Waals surface area contributed by atoms with Gasteiger partial charge < -0.3 is 4.74 Å². The van der Waals surface area contributed by atoms with Crippen molar-refractivity contribution in [2.24, 2.45) is 0 Å². The van der Waals surface area contributed by atoms with E-state index in [0.29, 0.717) is 11.3 Å². The van der Waals surface area contributed by atoms with Crippen LogP contribution in [0.25, 0.3) is 0 Å². The van der Waals surface area contributed by atoms with Gasteiger partial charge in [0.2, 0.25) is 0 Å². The molecule has 2 heterocycles. The van der Waals surface area contributed by atoms with E-state index < -0.39 is 0 Å². The third-order valence-corrected chi connectivity index (χ3v) is 2.51. The number of rotatable bonds is 3. The average molecular weight is 201 g/mol. The van der Waals surface area contributed by atoms with E-state index >= 15 is 0 Å². The zero-order valence-corrected chi connectivity index (χ0v) is 8.20. The fourth-order valence-electron chi connectivity index (χ4n) is 1.61. The van der Waals surface area contributed by atoms with Gasteiger partial charge in [-0.05, 0) is 25.3 Å². The van der Waals surface area contributed by atoms with Gasteiger partial charge in [-0.25, -0.2) is 0 Å². The van der Waals surface area contributed by atoms with Crippen LogP contribution in [0.2, 0.25) is 5.15 Å². The summed E-state index contributed by atoms with van der Waals surface area (Å²) in [6, 6.07) is 1.80. The fourth-order valence-corrected chi connectivity index (χ4v) is 1.76. The molecule has 1 aliphatic heterocycles. The van der Waals surface area contributed by atoms with Crippen molar-refractivity contribution in [1.29, 1.82) is 0 Å². The predicted octanol–water partition coefficient (Wildman–Crippen LogP) is 2.11. The van der Waals surface area contributed by atoms with Gasteiger partial charge in [-0.3, -0.25) is 4.68 Å². The summed E-state index contributed by atoms with van der Waals surface area (Å²) in [6.45, 7) is 1.82. The normalized spacial score (nSPS) is 22.4. The first kappa shape index (κ1) is 9.03. The fraction of sp³-hybridized carbons (Fsp3) is 0.667. The Labute approximate surface area is 82.6 Å². The number of nitrogens with zero attached hydrogens (tertiary/aromatic N) is 2. The molecular formula is C9H13ClN2O. The second kappa shape index (κ2) is 4.11. The highest BCUT2D eigenvalue weighted by molar-refractivity contribution is 6.29. The minimum Gasteiger partial charge on any atom is -0.378 e. The van der Waals surface area contributed by atoms with Crippen LogP contribution in [-0.4, -0.2) is 22.5 Å². The number of ether oxygens (including phenoxy) is 1. The zero-order chi connectivity index (χ0) is 9.10. The Morgan fingerprint density at radius 2 is 2.62 bits per heavy atom. The molecule has 1 saturated heterocycles. The minimum atomic E-state index is 0.433. The van der Waals surface area contributed by atoms with E-state index in [1.165, 1.54) is 12.8 Å². The van der Waals surface area contributed by atoms with E-state index in [0.717, 1.165) is 19.6 Å². The summed E-state index contributed by atoms with van der Waals surface area (Å²) in [5, 5.41) is 4.66. The summed E-state index contributed by atoms with van der Waals surface area (Å²) in [5.41, 5.74) is 0. The number of aryl methyl sites for hydroxylation is 1. The van der Waals surface area contributed by atoms with Gasteiger partial charge in [0.15, 0.2) is 5.15 Å². The lowest BCUT2D eigenvalue weighted by molar-refractivity contribution is 0.0994. The number of halogens is 1. The summed E-state index contributed by atoms with van der Waals surface area (Å²) in [4.78, 5) is 0. The monoisotopic (exact) mass is 200 g/mol. The molecule has 4 heteroatoms. The smallest absolute Gasteiger partial charge is 0.151 e. The average Bonchev–Trinajstić information content (AvgIpc) is 2.71. The molecule has 0 N–H and O–H groups in total. The lowest BCUT2D eigenvalue weighted by atomic mass is 10.2. The van der Waals surface area contributed by atoms with Gasteiger partial charge in [-0.1, -0.05) is 11.6 Å². The quantitative estimate of drug-likeness (QED) is 0.747. The number of aromatic nitrogens is 2. The summed E-state index contributed by atoms with van der Waals surface area (Å²) < 4.78 is 7.37. The molecule has 2 rings (SSSR count). The molecule has 72 valence electrons.